The van der Waals surface area contributed by atoms with Gasteiger partial charge in [0.15, 0.2) is 6.10 Å². The number of carbonyl (C=O) groups excluding carboxylic acids is 1. The van der Waals surface area contributed by atoms with Crippen LogP contribution in [0.4, 0.5) is 5.95 Å². The molecule has 1 aliphatic rings. The molecule has 0 spiro atoms. The third-order valence-electron chi connectivity index (χ3n) is 4.81. The lowest BCUT2D eigenvalue weighted by Gasteiger charge is -2.35. The molecular weight excluding hydrogens is 370 g/mol. The predicted molar refractivity (Wildman–Crippen MR) is 107 cm³/mol. The highest BCUT2D eigenvalue weighted by Crippen LogP contribution is 2.15. The average Bonchev–Trinajstić information content (AvgIpc) is 3.27. The van der Waals surface area contributed by atoms with Gasteiger partial charge < -0.3 is 14.5 Å². The van der Waals surface area contributed by atoms with Gasteiger partial charge >= 0.3 is 6.01 Å². The zero-order valence-corrected chi connectivity index (χ0v) is 16.3. The number of hydrogen-bond acceptors (Lipinski definition) is 7. The normalized spacial score (nSPS) is 15.2. The third-order valence-corrected chi connectivity index (χ3v) is 4.81. The fraction of sp³-hybridized carbons (Fsp3) is 0.350. The molecule has 0 bridgehead atoms. The first kappa shape index (κ1) is 18.9. The lowest BCUT2D eigenvalue weighted by molar-refractivity contribution is -0.139. The molecule has 0 N–H and O–H groups in total. The summed E-state index contributed by atoms with van der Waals surface area (Å²) in [5.41, 5.74) is 0.883. The molecule has 3 aromatic rings. The van der Waals surface area contributed by atoms with Crippen molar-refractivity contribution in [2.45, 2.75) is 19.4 Å². The first-order chi connectivity index (χ1) is 14.2. The number of piperazine rings is 1. The first-order valence-corrected chi connectivity index (χ1v) is 9.69. The summed E-state index contributed by atoms with van der Waals surface area (Å²) in [6.45, 7) is 4.50. The maximum atomic E-state index is 12.9. The minimum atomic E-state index is -0.610. The highest BCUT2D eigenvalue weighted by atomic mass is 16.5. The maximum absolute atomic E-state index is 12.9. The van der Waals surface area contributed by atoms with Crippen molar-refractivity contribution in [2.75, 3.05) is 31.1 Å². The quantitative estimate of drug-likeness (QED) is 0.628. The van der Waals surface area contributed by atoms with E-state index in [1.165, 1.54) is 0 Å². The molecule has 9 nitrogen and oxygen atoms in total. The van der Waals surface area contributed by atoms with Gasteiger partial charge in [0.1, 0.15) is 6.33 Å². The molecule has 1 aliphatic heterocycles. The molecule has 0 radical (unpaired) electrons. The number of nitrogens with zero attached hydrogens (tertiary/aromatic N) is 7. The molecule has 1 saturated heterocycles. The summed E-state index contributed by atoms with van der Waals surface area (Å²) < 4.78 is 7.45. The van der Waals surface area contributed by atoms with Gasteiger partial charge in [0.05, 0.1) is 5.69 Å². The Bertz CT molecular complexity index is 924. The molecule has 3 heterocycles. The van der Waals surface area contributed by atoms with Crippen molar-refractivity contribution >= 4 is 11.9 Å². The van der Waals surface area contributed by atoms with Crippen LogP contribution in [0.25, 0.3) is 5.69 Å². The Morgan fingerprint density at radius 3 is 2.45 bits per heavy atom. The molecule has 1 fully saturated rings. The Labute approximate surface area is 169 Å². The molecule has 1 aromatic carbocycles. The van der Waals surface area contributed by atoms with Gasteiger partial charge in [0.2, 0.25) is 5.95 Å². The van der Waals surface area contributed by atoms with Crippen LogP contribution in [0.3, 0.4) is 0 Å². The number of rotatable bonds is 6. The van der Waals surface area contributed by atoms with E-state index in [1.54, 1.807) is 29.5 Å². The number of aromatic nitrogens is 5. The van der Waals surface area contributed by atoms with Gasteiger partial charge in [-0.2, -0.15) is 4.98 Å². The van der Waals surface area contributed by atoms with Crippen molar-refractivity contribution in [2.24, 2.45) is 0 Å². The van der Waals surface area contributed by atoms with Crippen molar-refractivity contribution in [1.82, 2.24) is 29.6 Å². The SMILES string of the molecule is CCC(Oc1ncn(-c2ccccc2)n1)C(=O)N1CCN(c2ncccn2)CC1. The molecule has 0 saturated carbocycles. The molecular formula is C20H23N7O2. The molecule has 9 heteroatoms. The van der Waals surface area contributed by atoms with Gasteiger partial charge in [-0.25, -0.2) is 14.6 Å². The van der Waals surface area contributed by atoms with Gasteiger partial charge in [0, 0.05) is 38.6 Å². The topological polar surface area (TPSA) is 89.3 Å². The van der Waals surface area contributed by atoms with Crippen LogP contribution in [0.5, 0.6) is 6.01 Å². The Kier molecular flexibility index (Phi) is 5.64. The second kappa shape index (κ2) is 8.68. The lowest BCUT2D eigenvalue weighted by atomic mass is 10.2. The summed E-state index contributed by atoms with van der Waals surface area (Å²) in [5, 5.41) is 4.34. The van der Waals surface area contributed by atoms with Crippen LogP contribution in [-0.2, 0) is 4.79 Å². The van der Waals surface area contributed by atoms with E-state index in [2.05, 4.69) is 25.0 Å². The summed E-state index contributed by atoms with van der Waals surface area (Å²) >= 11 is 0. The van der Waals surface area contributed by atoms with Gasteiger partial charge in [-0.05, 0) is 24.6 Å². The number of hydrogen-bond donors (Lipinski definition) is 0. The van der Waals surface area contributed by atoms with E-state index in [0.29, 0.717) is 38.5 Å². The van der Waals surface area contributed by atoms with E-state index in [9.17, 15) is 4.79 Å². The lowest BCUT2D eigenvalue weighted by Crippen LogP contribution is -2.52. The number of anilines is 1. The maximum Gasteiger partial charge on any atom is 0.336 e. The molecule has 150 valence electrons. The molecule has 0 aliphatic carbocycles. The zero-order chi connectivity index (χ0) is 20.1. The molecule has 1 amide bonds. The molecule has 1 atom stereocenters. The Hall–Kier alpha value is -3.49. The summed E-state index contributed by atoms with van der Waals surface area (Å²) in [6, 6.07) is 11.6. The van der Waals surface area contributed by atoms with Crippen LogP contribution in [0.2, 0.25) is 0 Å². The number of carbonyl (C=O) groups is 1. The Morgan fingerprint density at radius 2 is 1.76 bits per heavy atom. The molecule has 1 unspecified atom stereocenters. The van der Waals surface area contributed by atoms with Crippen LogP contribution in [-0.4, -0.2) is 67.8 Å². The van der Waals surface area contributed by atoms with Crippen molar-refractivity contribution in [1.29, 1.82) is 0 Å². The van der Waals surface area contributed by atoms with Crippen LogP contribution in [0.1, 0.15) is 13.3 Å². The van der Waals surface area contributed by atoms with Crippen LogP contribution < -0.4 is 9.64 Å². The van der Waals surface area contributed by atoms with Crippen molar-refractivity contribution in [3.63, 3.8) is 0 Å². The zero-order valence-electron chi connectivity index (χ0n) is 16.3. The smallest absolute Gasteiger partial charge is 0.336 e. The summed E-state index contributed by atoms with van der Waals surface area (Å²) in [5.74, 6) is 0.649. The van der Waals surface area contributed by atoms with E-state index in [4.69, 9.17) is 4.74 Å². The van der Waals surface area contributed by atoms with Crippen LogP contribution in [0.15, 0.2) is 55.1 Å². The Balaban J connectivity index is 1.36. The second-order valence-corrected chi connectivity index (χ2v) is 6.68. The third kappa shape index (κ3) is 4.34. The standard InChI is InChI=1S/C20H23N7O2/c1-2-17(29-20-23-15-27(24-20)16-7-4-3-5-8-16)18(28)25-11-13-26(14-12-25)19-21-9-6-10-22-19/h3-10,15,17H,2,11-14H2,1H3. The highest BCUT2D eigenvalue weighted by Gasteiger charge is 2.29. The fourth-order valence-electron chi connectivity index (χ4n) is 3.23. The number of benzene rings is 1. The van der Waals surface area contributed by atoms with E-state index >= 15 is 0 Å². The number of ether oxygens (including phenoxy) is 1. The summed E-state index contributed by atoms with van der Waals surface area (Å²) in [7, 11) is 0. The van der Waals surface area contributed by atoms with E-state index in [-0.39, 0.29) is 11.9 Å². The summed E-state index contributed by atoms with van der Waals surface area (Å²) in [4.78, 5) is 29.6. The van der Waals surface area contributed by atoms with Gasteiger partial charge in [-0.1, -0.05) is 25.1 Å². The van der Waals surface area contributed by atoms with Gasteiger partial charge in [-0.3, -0.25) is 4.79 Å². The minimum Gasteiger partial charge on any atom is -0.449 e. The van der Waals surface area contributed by atoms with Gasteiger partial charge in [-0.15, -0.1) is 5.10 Å². The molecule has 4 rings (SSSR count). The first-order valence-electron chi connectivity index (χ1n) is 9.69. The highest BCUT2D eigenvalue weighted by molar-refractivity contribution is 5.81. The van der Waals surface area contributed by atoms with Crippen molar-refractivity contribution in [3.8, 4) is 11.7 Å². The fourth-order valence-corrected chi connectivity index (χ4v) is 3.23. The Morgan fingerprint density at radius 1 is 1.03 bits per heavy atom. The van der Waals surface area contributed by atoms with Crippen molar-refractivity contribution in [3.05, 3.63) is 55.1 Å². The molecule has 2 aromatic heterocycles. The van der Waals surface area contributed by atoms with E-state index < -0.39 is 6.10 Å². The van der Waals surface area contributed by atoms with E-state index in [0.717, 1.165) is 5.69 Å². The second-order valence-electron chi connectivity index (χ2n) is 6.68. The van der Waals surface area contributed by atoms with Gasteiger partial charge in [0.25, 0.3) is 5.91 Å². The number of para-hydroxylation sites is 1. The summed E-state index contributed by atoms with van der Waals surface area (Å²) in [6.07, 6.45) is 4.97. The minimum absolute atomic E-state index is 0.0443. The predicted octanol–water partition coefficient (Wildman–Crippen LogP) is 1.56. The van der Waals surface area contributed by atoms with E-state index in [1.807, 2.05) is 42.2 Å². The largest absolute Gasteiger partial charge is 0.449 e. The monoisotopic (exact) mass is 393 g/mol. The van der Waals surface area contributed by atoms with Crippen molar-refractivity contribution < 1.29 is 9.53 Å². The average molecular weight is 393 g/mol. The molecule has 29 heavy (non-hydrogen) atoms. The van der Waals surface area contributed by atoms with Crippen LogP contribution in [0, 0.1) is 0 Å². The number of amides is 1. The van der Waals surface area contributed by atoms with Crippen LogP contribution >= 0.6 is 0 Å².